The fourth-order valence-corrected chi connectivity index (χ4v) is 2.67. The number of nitrogens with two attached hydrogens (primary N) is 1. The second kappa shape index (κ2) is 6.97. The predicted molar refractivity (Wildman–Crippen MR) is 68.7 cm³/mol. The Labute approximate surface area is 104 Å². The van der Waals surface area contributed by atoms with E-state index in [4.69, 9.17) is 10.5 Å². The van der Waals surface area contributed by atoms with Gasteiger partial charge in [0.1, 0.15) is 0 Å². The van der Waals surface area contributed by atoms with Gasteiger partial charge in [-0.2, -0.15) is 0 Å². The summed E-state index contributed by atoms with van der Waals surface area (Å²) in [6.07, 6.45) is 5.44. The summed E-state index contributed by atoms with van der Waals surface area (Å²) in [7, 11) is 3.52. The zero-order valence-corrected chi connectivity index (χ0v) is 11.3. The van der Waals surface area contributed by atoms with Gasteiger partial charge in [-0.05, 0) is 25.2 Å². The van der Waals surface area contributed by atoms with Crippen LogP contribution in [0.5, 0.6) is 0 Å². The molecule has 0 bridgehead atoms. The minimum Gasteiger partial charge on any atom is -0.385 e. The second-order valence-electron chi connectivity index (χ2n) is 5.17. The summed E-state index contributed by atoms with van der Waals surface area (Å²) in [6, 6.07) is -0.0566. The molecule has 0 radical (unpaired) electrons. The van der Waals surface area contributed by atoms with Crippen LogP contribution in [0.1, 0.15) is 39.0 Å². The first-order valence-corrected chi connectivity index (χ1v) is 6.59. The van der Waals surface area contributed by atoms with E-state index in [0.29, 0.717) is 25.0 Å². The lowest BCUT2D eigenvalue weighted by Gasteiger charge is -2.37. The molecule has 1 saturated carbocycles. The molecule has 0 aromatic carbocycles. The minimum atomic E-state index is -0.422. The summed E-state index contributed by atoms with van der Waals surface area (Å²) < 4.78 is 4.96. The first-order chi connectivity index (χ1) is 8.07. The minimum absolute atomic E-state index is 0.0563. The maximum Gasteiger partial charge on any atom is 0.239 e. The Balaban J connectivity index is 2.49. The number of carbonyl (C=O) groups excluding carboxylic acids is 1. The molecule has 0 aromatic heterocycles. The molecule has 3 atom stereocenters. The molecule has 17 heavy (non-hydrogen) atoms. The summed E-state index contributed by atoms with van der Waals surface area (Å²) in [6.45, 7) is 2.77. The van der Waals surface area contributed by atoms with E-state index in [2.05, 4.69) is 6.92 Å². The van der Waals surface area contributed by atoms with E-state index in [1.165, 1.54) is 19.3 Å². The van der Waals surface area contributed by atoms with Gasteiger partial charge in [-0.3, -0.25) is 4.79 Å². The summed E-state index contributed by atoms with van der Waals surface area (Å²) in [5, 5.41) is 0. The molecule has 3 unspecified atom stereocenters. The van der Waals surface area contributed by atoms with Gasteiger partial charge in [0.25, 0.3) is 0 Å². The Morgan fingerprint density at radius 3 is 2.71 bits per heavy atom. The topological polar surface area (TPSA) is 55.6 Å². The van der Waals surface area contributed by atoms with E-state index in [1.807, 2.05) is 11.9 Å². The van der Waals surface area contributed by atoms with Gasteiger partial charge < -0.3 is 15.4 Å². The highest BCUT2D eigenvalue weighted by atomic mass is 16.5. The van der Waals surface area contributed by atoms with Crippen LogP contribution in [0, 0.1) is 5.92 Å². The van der Waals surface area contributed by atoms with Gasteiger partial charge in [-0.15, -0.1) is 0 Å². The predicted octanol–water partition coefficient (Wildman–Crippen LogP) is 1.39. The largest absolute Gasteiger partial charge is 0.385 e. The molecular weight excluding hydrogens is 216 g/mol. The summed E-state index contributed by atoms with van der Waals surface area (Å²) in [5.41, 5.74) is 5.89. The van der Waals surface area contributed by atoms with E-state index < -0.39 is 6.04 Å². The second-order valence-corrected chi connectivity index (χ2v) is 5.17. The summed E-state index contributed by atoms with van der Waals surface area (Å²) in [5.74, 6) is 0.646. The molecule has 2 N–H and O–H groups in total. The van der Waals surface area contributed by atoms with Gasteiger partial charge in [-0.25, -0.2) is 0 Å². The summed E-state index contributed by atoms with van der Waals surface area (Å²) in [4.78, 5) is 14.0. The molecule has 0 spiro atoms. The highest BCUT2D eigenvalue weighted by molar-refractivity contribution is 5.81. The fraction of sp³-hybridized carbons (Fsp3) is 0.923. The van der Waals surface area contributed by atoms with E-state index in [9.17, 15) is 4.79 Å². The monoisotopic (exact) mass is 242 g/mol. The van der Waals surface area contributed by atoms with Gasteiger partial charge in [0.15, 0.2) is 0 Å². The van der Waals surface area contributed by atoms with Crippen molar-refractivity contribution in [1.29, 1.82) is 0 Å². The maximum atomic E-state index is 12.1. The van der Waals surface area contributed by atoms with Crippen molar-refractivity contribution in [3.05, 3.63) is 0 Å². The molecule has 1 amide bonds. The van der Waals surface area contributed by atoms with Crippen molar-refractivity contribution < 1.29 is 9.53 Å². The molecule has 1 aliphatic carbocycles. The van der Waals surface area contributed by atoms with Crippen molar-refractivity contribution in [3.63, 3.8) is 0 Å². The Morgan fingerprint density at radius 2 is 2.12 bits per heavy atom. The van der Waals surface area contributed by atoms with Crippen LogP contribution in [0.4, 0.5) is 0 Å². The van der Waals surface area contributed by atoms with Crippen molar-refractivity contribution >= 4 is 5.91 Å². The van der Waals surface area contributed by atoms with Crippen molar-refractivity contribution in [2.75, 3.05) is 20.8 Å². The first kappa shape index (κ1) is 14.5. The number of hydrogen-bond donors (Lipinski definition) is 1. The van der Waals surface area contributed by atoms with Gasteiger partial charge in [-0.1, -0.05) is 19.8 Å². The number of nitrogens with zero attached hydrogens (tertiary/aromatic N) is 1. The highest BCUT2D eigenvalue weighted by Crippen LogP contribution is 2.27. The Morgan fingerprint density at radius 1 is 1.47 bits per heavy atom. The van der Waals surface area contributed by atoms with Crippen LogP contribution >= 0.6 is 0 Å². The Hall–Kier alpha value is -0.610. The number of ether oxygens (including phenoxy) is 1. The summed E-state index contributed by atoms with van der Waals surface area (Å²) >= 11 is 0. The number of rotatable bonds is 5. The van der Waals surface area contributed by atoms with E-state index in [1.54, 1.807) is 7.11 Å². The molecule has 1 aliphatic rings. The zero-order valence-electron chi connectivity index (χ0n) is 11.3. The van der Waals surface area contributed by atoms with Gasteiger partial charge >= 0.3 is 0 Å². The molecule has 1 rings (SSSR count). The first-order valence-electron chi connectivity index (χ1n) is 6.59. The van der Waals surface area contributed by atoms with Gasteiger partial charge in [0.2, 0.25) is 5.91 Å². The van der Waals surface area contributed by atoms with Crippen molar-refractivity contribution in [2.24, 2.45) is 11.7 Å². The van der Waals surface area contributed by atoms with Gasteiger partial charge in [0, 0.05) is 26.8 Å². The third-order valence-electron chi connectivity index (χ3n) is 3.86. The van der Waals surface area contributed by atoms with Crippen molar-refractivity contribution in [2.45, 2.75) is 51.1 Å². The Kier molecular flexibility index (Phi) is 5.92. The van der Waals surface area contributed by atoms with Crippen LogP contribution in [0.2, 0.25) is 0 Å². The average Bonchev–Trinajstić information content (AvgIpc) is 2.34. The number of amides is 1. The third kappa shape index (κ3) is 3.96. The molecule has 0 aliphatic heterocycles. The van der Waals surface area contributed by atoms with E-state index in [-0.39, 0.29) is 5.91 Å². The van der Waals surface area contributed by atoms with E-state index >= 15 is 0 Å². The van der Waals surface area contributed by atoms with Crippen LogP contribution in [-0.2, 0) is 9.53 Å². The lowest BCUT2D eigenvalue weighted by molar-refractivity contribution is -0.135. The SMILES string of the molecule is COCCC(N)C(=O)N(C)C1CCCCC1C. The van der Waals surface area contributed by atoms with E-state index in [0.717, 1.165) is 6.42 Å². The molecular formula is C13H26N2O2. The van der Waals surface area contributed by atoms with Crippen LogP contribution in [0.25, 0.3) is 0 Å². The zero-order chi connectivity index (χ0) is 12.8. The normalized spacial score (nSPS) is 26.6. The van der Waals surface area contributed by atoms with Gasteiger partial charge in [0.05, 0.1) is 6.04 Å². The standard InChI is InChI=1S/C13H26N2O2/c1-10-6-4-5-7-12(10)15(2)13(16)11(14)8-9-17-3/h10-12H,4-9,14H2,1-3H3. The lowest BCUT2D eigenvalue weighted by atomic mass is 9.85. The molecule has 0 saturated heterocycles. The third-order valence-corrected chi connectivity index (χ3v) is 3.86. The number of hydrogen-bond acceptors (Lipinski definition) is 3. The molecule has 1 fully saturated rings. The number of carbonyl (C=O) groups is 1. The number of methoxy groups -OCH3 is 1. The average molecular weight is 242 g/mol. The molecule has 100 valence electrons. The quantitative estimate of drug-likeness (QED) is 0.792. The smallest absolute Gasteiger partial charge is 0.239 e. The number of likely N-dealkylation sites (N-methyl/N-ethyl adjacent to an activating group) is 1. The molecule has 0 aromatic rings. The maximum absolute atomic E-state index is 12.1. The van der Waals surface area contributed by atoms with Crippen LogP contribution in [0.3, 0.4) is 0 Å². The highest BCUT2D eigenvalue weighted by Gasteiger charge is 2.29. The fourth-order valence-electron chi connectivity index (χ4n) is 2.67. The molecule has 0 heterocycles. The van der Waals surface area contributed by atoms with Crippen molar-refractivity contribution in [1.82, 2.24) is 4.90 Å². The van der Waals surface area contributed by atoms with Crippen LogP contribution < -0.4 is 5.73 Å². The Bertz CT molecular complexity index is 246. The molecule has 4 nitrogen and oxygen atoms in total. The van der Waals surface area contributed by atoms with Crippen LogP contribution in [0.15, 0.2) is 0 Å². The van der Waals surface area contributed by atoms with Crippen molar-refractivity contribution in [3.8, 4) is 0 Å². The van der Waals surface area contributed by atoms with Crippen LogP contribution in [-0.4, -0.2) is 43.7 Å². The molecule has 4 heteroatoms. The lowest BCUT2D eigenvalue weighted by Crippen LogP contribution is -2.49.